The van der Waals surface area contributed by atoms with Gasteiger partial charge in [0.15, 0.2) is 9.84 Å². The Bertz CT molecular complexity index is 337. The van der Waals surface area contributed by atoms with Crippen LogP contribution in [0.5, 0.6) is 0 Å². The Balaban J connectivity index is 0.00000256. The zero-order valence-electron chi connectivity index (χ0n) is 10.2. The maximum Gasteiger partial charge on any atom is 0.235 e. The number of nitrogens with one attached hydrogen (secondary N) is 2. The first-order valence-electron chi connectivity index (χ1n) is 5.63. The molecule has 1 amide bonds. The van der Waals surface area contributed by atoms with Crippen molar-refractivity contribution in [2.24, 2.45) is 0 Å². The number of hydrogen-bond acceptors (Lipinski definition) is 4. The minimum Gasteiger partial charge on any atom is -0.351 e. The highest BCUT2D eigenvalue weighted by atomic mass is 35.5. The molecule has 1 atom stereocenters. The van der Waals surface area contributed by atoms with Gasteiger partial charge in [0.05, 0.1) is 5.25 Å². The van der Waals surface area contributed by atoms with Crippen LogP contribution in [-0.4, -0.2) is 44.5 Å². The molecule has 1 unspecified atom stereocenters. The largest absolute Gasteiger partial charge is 0.351 e. The van der Waals surface area contributed by atoms with Gasteiger partial charge in [-0.25, -0.2) is 8.42 Å². The van der Waals surface area contributed by atoms with Crippen LogP contribution in [0.25, 0.3) is 0 Å². The van der Waals surface area contributed by atoms with Gasteiger partial charge in [-0.2, -0.15) is 0 Å². The van der Waals surface area contributed by atoms with Crippen LogP contribution in [0.2, 0.25) is 0 Å². The van der Waals surface area contributed by atoms with E-state index in [0.29, 0.717) is 0 Å². The van der Waals surface area contributed by atoms with Crippen molar-refractivity contribution in [3.63, 3.8) is 0 Å². The Kier molecular flexibility index (Phi) is 7.04. The molecule has 0 radical (unpaired) electrons. The van der Waals surface area contributed by atoms with E-state index in [4.69, 9.17) is 0 Å². The standard InChI is InChI=1S/C10H20N2O3S.ClH/c1-8(2)16(14,15)7-10(13)12-9-4-3-5-11-6-9;/h8-9,11H,3-7H2,1-2H3,(H,12,13);1H. The fourth-order valence-corrected chi connectivity index (χ4v) is 2.38. The minimum atomic E-state index is -3.28. The topological polar surface area (TPSA) is 75.3 Å². The molecule has 1 fully saturated rings. The van der Waals surface area contributed by atoms with Crippen LogP contribution in [0.15, 0.2) is 0 Å². The second-order valence-corrected chi connectivity index (χ2v) is 7.02. The molecule has 1 heterocycles. The van der Waals surface area contributed by atoms with Crippen LogP contribution in [0, 0.1) is 0 Å². The van der Waals surface area contributed by atoms with E-state index >= 15 is 0 Å². The van der Waals surface area contributed by atoms with E-state index in [-0.39, 0.29) is 24.4 Å². The van der Waals surface area contributed by atoms with Crippen molar-refractivity contribution in [2.45, 2.75) is 38.0 Å². The van der Waals surface area contributed by atoms with Crippen LogP contribution >= 0.6 is 12.4 Å². The first-order chi connectivity index (χ1) is 7.42. The summed E-state index contributed by atoms with van der Waals surface area (Å²) in [5, 5.41) is 5.41. The number of amides is 1. The summed E-state index contributed by atoms with van der Waals surface area (Å²) in [6, 6.07) is 0.0728. The van der Waals surface area contributed by atoms with Crippen molar-refractivity contribution in [3.05, 3.63) is 0 Å². The van der Waals surface area contributed by atoms with Gasteiger partial charge < -0.3 is 10.6 Å². The molecule has 1 aliphatic heterocycles. The summed E-state index contributed by atoms with van der Waals surface area (Å²) in [7, 11) is -3.28. The van der Waals surface area contributed by atoms with Gasteiger partial charge in [0.1, 0.15) is 5.75 Å². The van der Waals surface area contributed by atoms with Crippen LogP contribution in [0.1, 0.15) is 26.7 Å². The number of piperidine rings is 1. The average molecular weight is 285 g/mol. The first-order valence-corrected chi connectivity index (χ1v) is 7.35. The van der Waals surface area contributed by atoms with Crippen molar-refractivity contribution >= 4 is 28.2 Å². The fraction of sp³-hybridized carbons (Fsp3) is 0.900. The quantitative estimate of drug-likeness (QED) is 0.768. The molecular weight excluding hydrogens is 264 g/mol. The molecule has 0 aliphatic carbocycles. The molecule has 1 aliphatic rings. The van der Waals surface area contributed by atoms with Crippen molar-refractivity contribution < 1.29 is 13.2 Å². The van der Waals surface area contributed by atoms with Crippen molar-refractivity contribution in [3.8, 4) is 0 Å². The Morgan fingerprint density at radius 1 is 1.47 bits per heavy atom. The van der Waals surface area contributed by atoms with E-state index in [1.54, 1.807) is 13.8 Å². The normalized spacial score (nSPS) is 20.8. The van der Waals surface area contributed by atoms with Gasteiger partial charge in [0, 0.05) is 12.6 Å². The van der Waals surface area contributed by atoms with Crippen LogP contribution < -0.4 is 10.6 Å². The predicted molar refractivity (Wildman–Crippen MR) is 70.2 cm³/mol. The van der Waals surface area contributed by atoms with Crippen molar-refractivity contribution in [1.29, 1.82) is 0 Å². The number of carbonyl (C=O) groups excluding carboxylic acids is 1. The van der Waals surface area contributed by atoms with Gasteiger partial charge in [-0.05, 0) is 33.2 Å². The second-order valence-electron chi connectivity index (χ2n) is 4.47. The molecule has 0 aromatic heterocycles. The lowest BCUT2D eigenvalue weighted by Crippen LogP contribution is -2.47. The van der Waals surface area contributed by atoms with E-state index in [1.807, 2.05) is 0 Å². The third-order valence-corrected chi connectivity index (χ3v) is 4.81. The van der Waals surface area contributed by atoms with E-state index in [1.165, 1.54) is 0 Å². The summed E-state index contributed by atoms with van der Waals surface area (Å²) in [5.74, 6) is -0.788. The van der Waals surface area contributed by atoms with Crippen LogP contribution in [-0.2, 0) is 14.6 Å². The van der Waals surface area contributed by atoms with Gasteiger partial charge in [-0.15, -0.1) is 12.4 Å². The van der Waals surface area contributed by atoms with E-state index in [2.05, 4.69) is 10.6 Å². The number of carbonyl (C=O) groups is 1. The molecule has 0 aromatic carbocycles. The van der Waals surface area contributed by atoms with Crippen LogP contribution in [0.4, 0.5) is 0 Å². The zero-order chi connectivity index (χ0) is 12.2. The van der Waals surface area contributed by atoms with E-state index < -0.39 is 20.8 Å². The highest BCUT2D eigenvalue weighted by molar-refractivity contribution is 7.92. The summed E-state index contributed by atoms with van der Waals surface area (Å²) >= 11 is 0. The second kappa shape index (κ2) is 7.18. The monoisotopic (exact) mass is 284 g/mol. The molecule has 2 N–H and O–H groups in total. The molecule has 1 rings (SSSR count). The Morgan fingerprint density at radius 3 is 2.59 bits per heavy atom. The zero-order valence-corrected chi connectivity index (χ0v) is 11.9. The van der Waals surface area contributed by atoms with Crippen molar-refractivity contribution in [2.75, 3.05) is 18.8 Å². The third-order valence-electron chi connectivity index (χ3n) is 2.71. The summed E-state index contributed by atoms with van der Waals surface area (Å²) in [5.41, 5.74) is 0. The Morgan fingerprint density at radius 2 is 2.12 bits per heavy atom. The summed E-state index contributed by atoms with van der Waals surface area (Å²) < 4.78 is 23.0. The molecule has 7 heteroatoms. The number of hydrogen-bond donors (Lipinski definition) is 2. The Hall–Kier alpha value is -0.330. The van der Waals surface area contributed by atoms with Crippen LogP contribution in [0.3, 0.4) is 0 Å². The van der Waals surface area contributed by atoms with Gasteiger partial charge >= 0.3 is 0 Å². The van der Waals surface area contributed by atoms with Gasteiger partial charge in [0.2, 0.25) is 5.91 Å². The fourth-order valence-electron chi connectivity index (χ4n) is 1.59. The SMILES string of the molecule is CC(C)S(=O)(=O)CC(=O)NC1CCCNC1.Cl. The molecule has 102 valence electrons. The molecular formula is C10H21ClN2O3S. The lowest BCUT2D eigenvalue weighted by Gasteiger charge is -2.23. The molecule has 17 heavy (non-hydrogen) atoms. The minimum absolute atomic E-state index is 0. The van der Waals surface area contributed by atoms with E-state index in [9.17, 15) is 13.2 Å². The predicted octanol–water partition coefficient (Wildman–Crippen LogP) is 0.0996. The maximum absolute atomic E-state index is 11.5. The lowest BCUT2D eigenvalue weighted by molar-refractivity contribution is -0.119. The average Bonchev–Trinajstić information content (AvgIpc) is 2.17. The molecule has 0 aromatic rings. The van der Waals surface area contributed by atoms with Gasteiger partial charge in [0.25, 0.3) is 0 Å². The smallest absolute Gasteiger partial charge is 0.235 e. The number of halogens is 1. The molecule has 0 saturated carbocycles. The highest BCUT2D eigenvalue weighted by Gasteiger charge is 2.22. The molecule has 0 bridgehead atoms. The number of sulfone groups is 1. The molecule has 1 saturated heterocycles. The third kappa shape index (κ3) is 5.70. The van der Waals surface area contributed by atoms with Gasteiger partial charge in [-0.1, -0.05) is 0 Å². The lowest BCUT2D eigenvalue weighted by atomic mass is 10.1. The summed E-state index contributed by atoms with van der Waals surface area (Å²) in [6.07, 6.45) is 1.93. The molecule has 0 spiro atoms. The van der Waals surface area contributed by atoms with E-state index in [0.717, 1.165) is 25.9 Å². The number of rotatable bonds is 4. The summed E-state index contributed by atoms with van der Waals surface area (Å²) in [6.45, 7) is 4.87. The van der Waals surface area contributed by atoms with Crippen molar-refractivity contribution in [1.82, 2.24) is 10.6 Å². The summed E-state index contributed by atoms with van der Waals surface area (Å²) in [4.78, 5) is 11.5. The highest BCUT2D eigenvalue weighted by Crippen LogP contribution is 2.03. The Labute approximate surface area is 109 Å². The van der Waals surface area contributed by atoms with Gasteiger partial charge in [-0.3, -0.25) is 4.79 Å². The molecule has 5 nitrogen and oxygen atoms in total. The maximum atomic E-state index is 11.5. The first kappa shape index (κ1) is 16.7.